The highest BCUT2D eigenvalue weighted by Gasteiger charge is 2.44. The van der Waals surface area contributed by atoms with Gasteiger partial charge in [0.15, 0.2) is 0 Å². The fraction of sp³-hybridized carbons (Fsp3) is 0.650. The van der Waals surface area contributed by atoms with Crippen LogP contribution in [0.2, 0.25) is 0 Å². The number of ether oxygens (including phenoxy) is 2. The van der Waals surface area contributed by atoms with Crippen LogP contribution in [0.1, 0.15) is 36.1 Å². The van der Waals surface area contributed by atoms with Crippen LogP contribution in [0, 0.1) is 5.92 Å². The molecule has 0 aromatic carbocycles. The zero-order chi connectivity index (χ0) is 18.8. The molecule has 2 aromatic rings. The summed E-state index contributed by atoms with van der Waals surface area (Å²) in [6.45, 7) is 7.01. The lowest BCUT2D eigenvalue weighted by molar-refractivity contribution is 0.0503. The molecule has 3 aliphatic heterocycles. The summed E-state index contributed by atoms with van der Waals surface area (Å²) in [5.41, 5.74) is 3.60. The van der Waals surface area contributed by atoms with Crippen molar-refractivity contribution in [2.45, 2.75) is 37.8 Å². The largest absolute Gasteiger partial charge is 0.381 e. The molecule has 28 heavy (non-hydrogen) atoms. The van der Waals surface area contributed by atoms with Gasteiger partial charge in [-0.1, -0.05) is 0 Å². The molecule has 0 saturated carbocycles. The van der Waals surface area contributed by atoms with Crippen molar-refractivity contribution in [1.82, 2.24) is 19.2 Å². The zero-order valence-corrected chi connectivity index (χ0v) is 16.9. The summed E-state index contributed by atoms with van der Waals surface area (Å²) in [5.74, 6) is 1.40. The average Bonchev–Trinajstić information content (AvgIpc) is 3.39. The van der Waals surface area contributed by atoms with Gasteiger partial charge < -0.3 is 14.8 Å². The standard InChI is InChI=1S/C20H27N5O2S/c1-5-26-6-2-15(1)7-21-19-22-9-17-11-27-14-20(18(17)24-19)3-4-25(13-20)10-16-8-23-28-12-16/h8-9,12,15H,1-7,10-11,13-14H2,(H,21,22,24)/t20-/m0/s1. The molecular weight excluding hydrogens is 374 g/mol. The lowest BCUT2D eigenvalue weighted by Gasteiger charge is -2.34. The van der Waals surface area contributed by atoms with Crippen LogP contribution in [0.5, 0.6) is 0 Å². The van der Waals surface area contributed by atoms with Crippen LogP contribution in [0.4, 0.5) is 5.95 Å². The molecular formula is C20H27N5O2S. The van der Waals surface area contributed by atoms with E-state index in [0.717, 1.165) is 76.8 Å². The van der Waals surface area contributed by atoms with Crippen LogP contribution in [-0.4, -0.2) is 58.7 Å². The first-order valence-electron chi connectivity index (χ1n) is 10.2. The smallest absolute Gasteiger partial charge is 0.222 e. The van der Waals surface area contributed by atoms with E-state index in [0.29, 0.717) is 12.5 Å². The zero-order valence-electron chi connectivity index (χ0n) is 16.1. The lowest BCUT2D eigenvalue weighted by Crippen LogP contribution is -2.40. The molecule has 0 amide bonds. The predicted octanol–water partition coefficient (Wildman–Crippen LogP) is 2.45. The van der Waals surface area contributed by atoms with Gasteiger partial charge in [0, 0.05) is 56.2 Å². The Balaban J connectivity index is 1.30. The second-order valence-electron chi connectivity index (χ2n) is 8.27. The lowest BCUT2D eigenvalue weighted by atomic mass is 9.80. The summed E-state index contributed by atoms with van der Waals surface area (Å²) < 4.78 is 15.6. The van der Waals surface area contributed by atoms with Gasteiger partial charge in [0.25, 0.3) is 0 Å². The highest BCUT2D eigenvalue weighted by atomic mass is 32.1. The highest BCUT2D eigenvalue weighted by molar-refractivity contribution is 7.03. The maximum absolute atomic E-state index is 5.96. The van der Waals surface area contributed by atoms with E-state index in [1.54, 1.807) is 0 Å². The molecule has 2 saturated heterocycles. The van der Waals surface area contributed by atoms with Crippen molar-refractivity contribution >= 4 is 17.5 Å². The van der Waals surface area contributed by atoms with E-state index in [-0.39, 0.29) is 5.41 Å². The summed E-state index contributed by atoms with van der Waals surface area (Å²) in [5, 5.41) is 5.62. The molecule has 8 heteroatoms. The fourth-order valence-electron chi connectivity index (χ4n) is 4.63. The number of aromatic nitrogens is 3. The molecule has 5 rings (SSSR count). The van der Waals surface area contributed by atoms with Crippen molar-refractivity contribution in [3.8, 4) is 0 Å². The Morgan fingerprint density at radius 1 is 1.25 bits per heavy atom. The molecule has 0 radical (unpaired) electrons. The van der Waals surface area contributed by atoms with Crippen molar-refractivity contribution < 1.29 is 9.47 Å². The van der Waals surface area contributed by atoms with E-state index in [1.165, 1.54) is 22.8 Å². The van der Waals surface area contributed by atoms with E-state index in [4.69, 9.17) is 14.5 Å². The highest BCUT2D eigenvalue weighted by Crippen LogP contribution is 2.39. The average molecular weight is 402 g/mol. The van der Waals surface area contributed by atoms with Crippen LogP contribution < -0.4 is 5.32 Å². The summed E-state index contributed by atoms with van der Waals surface area (Å²) in [7, 11) is 0. The van der Waals surface area contributed by atoms with E-state index < -0.39 is 0 Å². The summed E-state index contributed by atoms with van der Waals surface area (Å²) >= 11 is 1.52. The Morgan fingerprint density at radius 3 is 3.04 bits per heavy atom. The Bertz CT molecular complexity index is 796. The number of hydrogen-bond acceptors (Lipinski definition) is 8. The Hall–Kier alpha value is -1.61. The molecule has 2 aromatic heterocycles. The van der Waals surface area contributed by atoms with Gasteiger partial charge in [0.1, 0.15) is 0 Å². The van der Waals surface area contributed by atoms with Crippen molar-refractivity contribution in [1.29, 1.82) is 0 Å². The van der Waals surface area contributed by atoms with Crippen LogP contribution in [0.15, 0.2) is 17.8 Å². The number of anilines is 1. The van der Waals surface area contributed by atoms with Crippen LogP contribution in [0.25, 0.3) is 0 Å². The van der Waals surface area contributed by atoms with Gasteiger partial charge in [-0.3, -0.25) is 4.90 Å². The van der Waals surface area contributed by atoms with Gasteiger partial charge in [0.2, 0.25) is 5.95 Å². The van der Waals surface area contributed by atoms with Crippen molar-refractivity contribution in [3.63, 3.8) is 0 Å². The molecule has 2 fully saturated rings. The third kappa shape index (κ3) is 3.78. The molecule has 0 aliphatic carbocycles. The third-order valence-electron chi connectivity index (χ3n) is 6.22. The molecule has 1 spiro atoms. The van der Waals surface area contributed by atoms with Crippen LogP contribution in [0.3, 0.4) is 0 Å². The van der Waals surface area contributed by atoms with Crippen molar-refractivity contribution in [2.24, 2.45) is 5.92 Å². The minimum Gasteiger partial charge on any atom is -0.381 e. The second kappa shape index (κ2) is 8.02. The maximum atomic E-state index is 5.96. The fourth-order valence-corrected chi connectivity index (χ4v) is 5.16. The number of likely N-dealkylation sites (tertiary alicyclic amines) is 1. The van der Waals surface area contributed by atoms with Crippen LogP contribution >= 0.6 is 11.5 Å². The Kier molecular flexibility index (Phi) is 5.28. The molecule has 150 valence electrons. The summed E-state index contributed by atoms with van der Waals surface area (Å²) in [4.78, 5) is 12.1. The predicted molar refractivity (Wildman–Crippen MR) is 107 cm³/mol. The van der Waals surface area contributed by atoms with Crippen LogP contribution in [-0.2, 0) is 28.0 Å². The number of hydrogen-bond donors (Lipinski definition) is 1. The monoisotopic (exact) mass is 401 g/mol. The van der Waals surface area contributed by atoms with Crippen molar-refractivity contribution in [2.75, 3.05) is 44.8 Å². The topological polar surface area (TPSA) is 72.4 Å². The van der Waals surface area contributed by atoms with E-state index >= 15 is 0 Å². The first-order valence-corrected chi connectivity index (χ1v) is 11.0. The molecule has 1 N–H and O–H groups in total. The Labute approximate surface area is 169 Å². The molecule has 0 bridgehead atoms. The second-order valence-corrected chi connectivity index (χ2v) is 8.93. The maximum Gasteiger partial charge on any atom is 0.222 e. The number of nitrogens with zero attached hydrogens (tertiary/aromatic N) is 4. The third-order valence-corrected chi connectivity index (χ3v) is 6.85. The summed E-state index contributed by atoms with van der Waals surface area (Å²) in [6, 6.07) is 0. The minimum absolute atomic E-state index is 0.0188. The first-order chi connectivity index (χ1) is 13.8. The number of nitrogens with one attached hydrogen (secondary N) is 1. The Morgan fingerprint density at radius 2 is 2.18 bits per heavy atom. The van der Waals surface area contributed by atoms with Gasteiger partial charge in [0.05, 0.1) is 24.3 Å². The van der Waals surface area contributed by atoms with E-state index in [9.17, 15) is 0 Å². The summed E-state index contributed by atoms with van der Waals surface area (Å²) in [6.07, 6.45) is 7.24. The van der Waals surface area contributed by atoms with Gasteiger partial charge >= 0.3 is 0 Å². The van der Waals surface area contributed by atoms with Gasteiger partial charge in [-0.2, -0.15) is 0 Å². The SMILES string of the molecule is c1nscc1CN1CC[C@@]2(COCc3cnc(NCC4CCOCC4)nc32)C1. The van der Waals surface area contributed by atoms with Gasteiger partial charge in [-0.25, -0.2) is 14.3 Å². The first kappa shape index (κ1) is 18.4. The number of fused-ring (bicyclic) bond motifs is 2. The molecule has 3 aliphatic rings. The minimum atomic E-state index is -0.0188. The molecule has 7 nitrogen and oxygen atoms in total. The van der Waals surface area contributed by atoms with E-state index in [2.05, 4.69) is 25.0 Å². The molecule has 0 unspecified atom stereocenters. The van der Waals surface area contributed by atoms with Crippen molar-refractivity contribution in [3.05, 3.63) is 34.6 Å². The quantitative estimate of drug-likeness (QED) is 0.825. The molecule has 5 heterocycles. The molecule has 1 atom stereocenters. The normalized spacial score (nSPS) is 25.9. The van der Waals surface area contributed by atoms with E-state index in [1.807, 2.05) is 12.4 Å². The van der Waals surface area contributed by atoms with Gasteiger partial charge in [-0.05, 0) is 48.8 Å². The van der Waals surface area contributed by atoms with Gasteiger partial charge in [-0.15, -0.1) is 0 Å². The number of rotatable bonds is 5.